The highest BCUT2D eigenvalue weighted by Crippen LogP contribution is 2.44. The van der Waals surface area contributed by atoms with Crippen molar-refractivity contribution in [1.29, 1.82) is 0 Å². The van der Waals surface area contributed by atoms with Crippen LogP contribution in [0.3, 0.4) is 0 Å². The summed E-state index contributed by atoms with van der Waals surface area (Å²) in [6, 6.07) is 1.11. The summed E-state index contributed by atoms with van der Waals surface area (Å²) in [4.78, 5) is 48.2. The molecule has 7 N–H and O–H groups in total. The van der Waals surface area contributed by atoms with Crippen molar-refractivity contribution >= 4 is 13.7 Å². The zero-order chi connectivity index (χ0) is 32.0. The van der Waals surface area contributed by atoms with E-state index in [0.29, 0.717) is 18.8 Å². The summed E-state index contributed by atoms with van der Waals surface area (Å²) in [6.07, 6.45) is 1.73. The van der Waals surface area contributed by atoms with E-state index in [4.69, 9.17) is 24.5 Å². The van der Waals surface area contributed by atoms with Crippen LogP contribution in [0.2, 0.25) is 0 Å². The molecule has 0 spiro atoms. The van der Waals surface area contributed by atoms with Crippen LogP contribution in [0.4, 0.5) is 4.79 Å². The van der Waals surface area contributed by atoms with Crippen molar-refractivity contribution in [2.24, 2.45) is 5.73 Å². The van der Waals surface area contributed by atoms with Crippen LogP contribution >= 0.6 is 7.60 Å². The lowest BCUT2D eigenvalue weighted by Gasteiger charge is -2.24. The Hall–Kier alpha value is -2.96. The van der Waals surface area contributed by atoms with Crippen LogP contribution in [-0.4, -0.2) is 107 Å². The number of alkyl carbamates (subject to hydrolysis) is 1. The second-order valence-electron chi connectivity index (χ2n) is 10.3. The molecule has 2 aromatic rings. The van der Waals surface area contributed by atoms with Crippen molar-refractivity contribution in [3.8, 4) is 0 Å². The Morgan fingerprint density at radius 2 is 1.86 bits per heavy atom. The van der Waals surface area contributed by atoms with Crippen molar-refractivity contribution in [3.05, 3.63) is 45.0 Å². The Kier molecular flexibility index (Phi) is 14.6. The predicted molar refractivity (Wildman–Crippen MR) is 158 cm³/mol. The number of ether oxygens (including phenoxy) is 3. The molecule has 18 nitrogen and oxygen atoms in total. The number of methoxy groups -OCH3 is 1. The fourth-order valence-corrected chi connectivity index (χ4v) is 5.25. The maximum absolute atomic E-state index is 12.4. The second kappa shape index (κ2) is 18.1. The number of hydrogen-bond donors (Lipinski definition) is 6. The largest absolute Gasteiger partial charge is 0.447 e. The molecule has 1 amide bonds. The number of aromatic amines is 1. The van der Waals surface area contributed by atoms with E-state index in [-0.39, 0.29) is 6.54 Å². The molecule has 19 heteroatoms. The number of H-pyrrole nitrogens is 1. The molecule has 248 valence electrons. The number of aromatic nitrogens is 5. The van der Waals surface area contributed by atoms with Gasteiger partial charge in [0.15, 0.2) is 6.23 Å². The van der Waals surface area contributed by atoms with Crippen LogP contribution in [0.1, 0.15) is 37.6 Å². The standard InChI is InChI=1S/C25H44N9O9P/c1-40-22-21(43-44(2,38)39)19(42-23(22)34-14-7-20(35)30-24(34)36)17-41-25(37)29-15-18-16-33(32-31-18)13-6-12-28-10-4-3-9-27-11-5-8-26/h7,14,16,19,21-23,27-28H,3-6,8-13,15,17,26H2,1-2H3,(H,29,37)(H,38,39)(H,30,35,36)/t19-,21?,22+,23-/m1/s1. The Bertz CT molecular complexity index is 1310. The van der Waals surface area contributed by atoms with Gasteiger partial charge in [0.05, 0.1) is 12.7 Å². The van der Waals surface area contributed by atoms with Gasteiger partial charge in [-0.2, -0.15) is 0 Å². The lowest BCUT2D eigenvalue weighted by atomic mass is 10.1. The zero-order valence-corrected chi connectivity index (χ0v) is 25.9. The molecule has 44 heavy (non-hydrogen) atoms. The molecule has 0 aromatic carbocycles. The van der Waals surface area contributed by atoms with Crippen molar-refractivity contribution in [2.75, 3.05) is 53.1 Å². The van der Waals surface area contributed by atoms with Gasteiger partial charge in [0.25, 0.3) is 5.56 Å². The number of rotatable bonds is 20. The summed E-state index contributed by atoms with van der Waals surface area (Å²) in [5.74, 6) is 0. The molecule has 0 aliphatic carbocycles. The molecule has 0 bridgehead atoms. The first kappa shape index (κ1) is 35.5. The van der Waals surface area contributed by atoms with E-state index < -0.39 is 56.1 Å². The Balaban J connectivity index is 1.41. The molecule has 3 rings (SSSR count). The van der Waals surface area contributed by atoms with E-state index in [0.717, 1.165) is 69.2 Å². The molecule has 2 aromatic heterocycles. The highest BCUT2D eigenvalue weighted by molar-refractivity contribution is 7.51. The fraction of sp³-hybridized carbons (Fsp3) is 0.720. The summed E-state index contributed by atoms with van der Waals surface area (Å²) < 4.78 is 36.7. The summed E-state index contributed by atoms with van der Waals surface area (Å²) in [6.45, 7) is 5.77. The Labute approximate surface area is 254 Å². The summed E-state index contributed by atoms with van der Waals surface area (Å²) in [7, 11) is -2.75. The quantitative estimate of drug-likeness (QED) is 0.0738. The van der Waals surface area contributed by atoms with Gasteiger partial charge in [-0.25, -0.2) is 9.59 Å². The lowest BCUT2D eigenvalue weighted by molar-refractivity contribution is -0.0637. The van der Waals surface area contributed by atoms with Crippen molar-refractivity contribution in [1.82, 2.24) is 40.5 Å². The van der Waals surface area contributed by atoms with E-state index in [1.54, 1.807) is 10.9 Å². The Morgan fingerprint density at radius 1 is 1.16 bits per heavy atom. The van der Waals surface area contributed by atoms with Crippen molar-refractivity contribution < 1.29 is 33.0 Å². The monoisotopic (exact) mass is 645 g/mol. The van der Waals surface area contributed by atoms with Gasteiger partial charge in [0, 0.05) is 32.6 Å². The zero-order valence-electron chi connectivity index (χ0n) is 25.1. The van der Waals surface area contributed by atoms with Crippen LogP contribution in [0.5, 0.6) is 0 Å². The lowest BCUT2D eigenvalue weighted by Crippen LogP contribution is -2.40. The van der Waals surface area contributed by atoms with Gasteiger partial charge in [0.2, 0.25) is 0 Å². The third-order valence-electron chi connectivity index (χ3n) is 6.63. The smallest absolute Gasteiger partial charge is 0.407 e. The minimum absolute atomic E-state index is 0.0543. The summed E-state index contributed by atoms with van der Waals surface area (Å²) in [5.41, 5.74) is 4.60. The number of nitrogens with one attached hydrogen (secondary N) is 4. The molecule has 5 atom stereocenters. The Morgan fingerprint density at radius 3 is 2.52 bits per heavy atom. The third kappa shape index (κ3) is 11.9. The normalized spacial score (nSPS) is 21.3. The highest BCUT2D eigenvalue weighted by atomic mass is 31.2. The van der Waals surface area contributed by atoms with Gasteiger partial charge in [-0.15, -0.1) is 5.10 Å². The molecular weight excluding hydrogens is 601 g/mol. The van der Waals surface area contributed by atoms with E-state index in [1.807, 2.05) is 0 Å². The topological polar surface area (TPSA) is 239 Å². The van der Waals surface area contributed by atoms with Gasteiger partial charge in [0.1, 0.15) is 30.6 Å². The number of carbonyl (C=O) groups excluding carboxylic acids is 1. The fourth-order valence-electron chi connectivity index (χ4n) is 4.54. The first-order valence-electron chi connectivity index (χ1n) is 14.5. The molecule has 3 heterocycles. The number of aryl methyl sites for hydroxylation is 1. The van der Waals surface area contributed by atoms with Gasteiger partial charge < -0.3 is 40.8 Å². The number of nitrogens with two attached hydrogens (primary N) is 1. The predicted octanol–water partition coefficient (Wildman–Crippen LogP) is -1.13. The minimum Gasteiger partial charge on any atom is -0.447 e. The van der Waals surface area contributed by atoms with Gasteiger partial charge in [-0.3, -0.25) is 28.1 Å². The van der Waals surface area contributed by atoms with Gasteiger partial charge in [-0.05, 0) is 58.4 Å². The first-order chi connectivity index (χ1) is 21.1. The SMILES string of the molecule is CO[C@H]1C(OP(C)(=O)O)[C@@H](COC(=O)NCc2cn(CCCNCCCCNCCCN)nn2)O[C@H]1n1ccc(=O)[nH]c1=O. The van der Waals surface area contributed by atoms with Crippen LogP contribution in [-0.2, 0) is 36.4 Å². The van der Waals surface area contributed by atoms with Gasteiger partial charge in [-0.1, -0.05) is 5.21 Å². The summed E-state index contributed by atoms with van der Waals surface area (Å²) in [5, 5.41) is 17.5. The highest BCUT2D eigenvalue weighted by Gasteiger charge is 2.49. The van der Waals surface area contributed by atoms with Crippen LogP contribution in [0, 0.1) is 0 Å². The molecular formula is C25H44N9O9P. The van der Waals surface area contributed by atoms with E-state index in [1.165, 1.54) is 13.3 Å². The van der Waals surface area contributed by atoms with E-state index in [9.17, 15) is 23.8 Å². The summed E-state index contributed by atoms with van der Waals surface area (Å²) >= 11 is 0. The maximum atomic E-state index is 12.4. The molecule has 1 aliphatic rings. The van der Waals surface area contributed by atoms with Crippen LogP contribution < -0.4 is 32.9 Å². The number of unbranched alkanes of at least 4 members (excludes halogenated alkanes) is 1. The third-order valence-corrected chi connectivity index (χ3v) is 7.27. The number of carbonyl (C=O) groups is 1. The average Bonchev–Trinajstić information content (AvgIpc) is 3.56. The van der Waals surface area contributed by atoms with Crippen LogP contribution in [0.15, 0.2) is 28.0 Å². The number of nitrogens with zero attached hydrogens (tertiary/aromatic N) is 4. The average molecular weight is 646 g/mol. The number of amides is 1. The molecule has 1 saturated heterocycles. The van der Waals surface area contributed by atoms with Crippen molar-refractivity contribution in [3.63, 3.8) is 0 Å². The number of hydrogen-bond acceptors (Lipinski definition) is 13. The molecule has 2 unspecified atom stereocenters. The maximum Gasteiger partial charge on any atom is 0.407 e. The molecule has 0 saturated carbocycles. The molecule has 1 fully saturated rings. The molecule has 1 aliphatic heterocycles. The molecule has 0 radical (unpaired) electrons. The second-order valence-corrected chi connectivity index (χ2v) is 12.1. The van der Waals surface area contributed by atoms with E-state index in [2.05, 4.69) is 31.2 Å². The van der Waals surface area contributed by atoms with Crippen LogP contribution in [0.25, 0.3) is 0 Å². The first-order valence-corrected chi connectivity index (χ1v) is 16.5. The minimum atomic E-state index is -4.05. The van der Waals surface area contributed by atoms with E-state index >= 15 is 0 Å². The van der Waals surface area contributed by atoms with Crippen molar-refractivity contribution in [2.45, 2.75) is 63.3 Å². The van der Waals surface area contributed by atoms with Gasteiger partial charge >= 0.3 is 19.4 Å².